The Bertz CT molecular complexity index is 711. The number of nitrogens with zero attached hydrogens (tertiary/aromatic N) is 3. The molecule has 1 atom stereocenters. The summed E-state index contributed by atoms with van der Waals surface area (Å²) in [6, 6.07) is 6.45. The van der Waals surface area contributed by atoms with Crippen molar-refractivity contribution < 1.29 is 4.79 Å². The molecule has 3 N–H and O–H groups in total. The fraction of sp³-hybridized carbons (Fsp3) is 0.308. The number of pyridine rings is 1. The van der Waals surface area contributed by atoms with Crippen LogP contribution in [0.5, 0.6) is 0 Å². The Hall–Kier alpha value is -2.41. The summed E-state index contributed by atoms with van der Waals surface area (Å²) in [5.74, 6) is 0.182. The summed E-state index contributed by atoms with van der Waals surface area (Å²) < 4.78 is 1.48. The highest BCUT2D eigenvalue weighted by Crippen LogP contribution is 2.12. The van der Waals surface area contributed by atoms with Crippen LogP contribution in [0.1, 0.15) is 0 Å². The minimum atomic E-state index is -0.417. The minimum absolute atomic E-state index is 0.139. The maximum absolute atomic E-state index is 12.0. The topological polar surface area (TPSA) is 92.7 Å². The highest BCUT2D eigenvalue weighted by atomic mass is 16.1. The quantitative estimate of drug-likeness (QED) is 0.729. The number of fused-ring (bicyclic) bond motifs is 1. The van der Waals surface area contributed by atoms with Crippen LogP contribution in [-0.4, -0.2) is 41.0 Å². The molecule has 3 rings (SSSR count). The highest BCUT2D eigenvalue weighted by Gasteiger charge is 2.24. The van der Waals surface area contributed by atoms with E-state index in [1.807, 2.05) is 11.0 Å². The summed E-state index contributed by atoms with van der Waals surface area (Å²) in [7, 11) is 0. The van der Waals surface area contributed by atoms with Crippen LogP contribution in [0.3, 0.4) is 0 Å². The van der Waals surface area contributed by atoms with E-state index in [0.29, 0.717) is 31.1 Å². The van der Waals surface area contributed by atoms with Crippen LogP contribution in [0.25, 0.3) is 5.65 Å². The number of nitrogens with two attached hydrogens (primary N) is 1. The summed E-state index contributed by atoms with van der Waals surface area (Å²) in [5.41, 5.74) is 5.76. The third kappa shape index (κ3) is 2.23. The molecule has 0 aliphatic carbocycles. The summed E-state index contributed by atoms with van der Waals surface area (Å²) in [4.78, 5) is 29.7. The molecule has 0 bridgehead atoms. The molecule has 0 aromatic carbocycles. The molecular weight excluding hydrogens is 258 g/mol. The van der Waals surface area contributed by atoms with E-state index in [0.717, 1.165) is 0 Å². The molecule has 20 heavy (non-hydrogen) atoms. The monoisotopic (exact) mass is 273 g/mol. The van der Waals surface area contributed by atoms with Crippen molar-refractivity contribution in [3.8, 4) is 0 Å². The van der Waals surface area contributed by atoms with Gasteiger partial charge in [0.25, 0.3) is 5.56 Å². The molecule has 7 heteroatoms. The maximum atomic E-state index is 12.0. The third-order valence-corrected chi connectivity index (χ3v) is 3.40. The first kappa shape index (κ1) is 12.6. The molecule has 1 saturated heterocycles. The van der Waals surface area contributed by atoms with Crippen LogP contribution in [-0.2, 0) is 4.79 Å². The second kappa shape index (κ2) is 4.93. The maximum Gasteiger partial charge on any atom is 0.259 e. The van der Waals surface area contributed by atoms with E-state index >= 15 is 0 Å². The zero-order valence-electron chi connectivity index (χ0n) is 10.8. The van der Waals surface area contributed by atoms with Crippen molar-refractivity contribution in [2.75, 3.05) is 24.5 Å². The molecular formula is C13H15N5O2. The number of amides is 1. The Morgan fingerprint density at radius 2 is 2.30 bits per heavy atom. The van der Waals surface area contributed by atoms with Crippen LogP contribution >= 0.6 is 0 Å². The van der Waals surface area contributed by atoms with Crippen LogP contribution in [0, 0.1) is 0 Å². The summed E-state index contributed by atoms with van der Waals surface area (Å²) in [5, 5.41) is 3.04. The zero-order valence-corrected chi connectivity index (χ0v) is 10.8. The van der Waals surface area contributed by atoms with E-state index < -0.39 is 11.9 Å². The molecule has 0 spiro atoms. The smallest absolute Gasteiger partial charge is 0.259 e. The lowest BCUT2D eigenvalue weighted by atomic mass is 10.2. The molecule has 1 aliphatic rings. The molecule has 0 saturated carbocycles. The Kier molecular flexibility index (Phi) is 3.11. The van der Waals surface area contributed by atoms with Gasteiger partial charge in [0.2, 0.25) is 5.91 Å². The fourth-order valence-electron chi connectivity index (χ4n) is 2.35. The van der Waals surface area contributed by atoms with Gasteiger partial charge in [0.15, 0.2) is 0 Å². The number of rotatable bonds is 2. The van der Waals surface area contributed by atoms with Gasteiger partial charge in [-0.05, 0) is 12.1 Å². The summed E-state index contributed by atoms with van der Waals surface area (Å²) in [6.07, 6.45) is 1.68. The lowest BCUT2D eigenvalue weighted by Gasteiger charge is -2.32. The van der Waals surface area contributed by atoms with Gasteiger partial charge in [-0.1, -0.05) is 6.07 Å². The molecule has 0 radical (unpaired) electrons. The first-order chi connectivity index (χ1) is 9.65. The van der Waals surface area contributed by atoms with Gasteiger partial charge < -0.3 is 16.0 Å². The second-order valence-electron chi connectivity index (χ2n) is 4.74. The summed E-state index contributed by atoms with van der Waals surface area (Å²) >= 11 is 0. The van der Waals surface area contributed by atoms with Gasteiger partial charge in [0, 0.05) is 31.9 Å². The molecule has 2 aromatic rings. The number of hydrogen-bond acceptors (Lipinski definition) is 5. The molecule has 1 unspecified atom stereocenters. The number of carbonyl (C=O) groups excluding carboxylic acids is 1. The summed E-state index contributed by atoms with van der Waals surface area (Å²) in [6.45, 7) is 1.73. The first-order valence-corrected chi connectivity index (χ1v) is 6.41. The molecule has 1 aliphatic heterocycles. The minimum Gasteiger partial charge on any atom is -0.368 e. The van der Waals surface area contributed by atoms with E-state index in [2.05, 4.69) is 10.3 Å². The predicted molar refractivity (Wildman–Crippen MR) is 74.7 cm³/mol. The van der Waals surface area contributed by atoms with E-state index in [1.54, 1.807) is 18.3 Å². The number of piperazine rings is 1. The molecule has 2 aromatic heterocycles. The van der Waals surface area contributed by atoms with Crippen molar-refractivity contribution >= 4 is 17.4 Å². The number of carbonyl (C=O) groups is 1. The van der Waals surface area contributed by atoms with Crippen molar-refractivity contribution in [2.24, 2.45) is 5.73 Å². The van der Waals surface area contributed by atoms with Crippen molar-refractivity contribution in [1.29, 1.82) is 0 Å². The van der Waals surface area contributed by atoms with Gasteiger partial charge in [-0.3, -0.25) is 14.0 Å². The van der Waals surface area contributed by atoms with Crippen molar-refractivity contribution in [3.63, 3.8) is 0 Å². The average Bonchev–Trinajstić information content (AvgIpc) is 2.47. The number of anilines is 1. The van der Waals surface area contributed by atoms with Gasteiger partial charge in [-0.25, -0.2) is 4.98 Å². The third-order valence-electron chi connectivity index (χ3n) is 3.40. The van der Waals surface area contributed by atoms with Gasteiger partial charge in [0.1, 0.15) is 17.5 Å². The van der Waals surface area contributed by atoms with E-state index in [1.165, 1.54) is 10.5 Å². The first-order valence-electron chi connectivity index (χ1n) is 6.41. The average molecular weight is 273 g/mol. The Morgan fingerprint density at radius 1 is 1.45 bits per heavy atom. The second-order valence-corrected chi connectivity index (χ2v) is 4.74. The predicted octanol–water partition coefficient (Wildman–Crippen LogP) is -1.04. The van der Waals surface area contributed by atoms with Crippen LogP contribution in [0.2, 0.25) is 0 Å². The molecule has 1 amide bonds. The van der Waals surface area contributed by atoms with E-state index in [9.17, 15) is 9.59 Å². The number of aromatic nitrogens is 2. The molecule has 1 fully saturated rings. The number of hydrogen-bond donors (Lipinski definition) is 2. The van der Waals surface area contributed by atoms with E-state index in [-0.39, 0.29) is 5.56 Å². The number of primary amides is 1. The van der Waals surface area contributed by atoms with Crippen molar-refractivity contribution in [3.05, 3.63) is 40.8 Å². The van der Waals surface area contributed by atoms with Gasteiger partial charge >= 0.3 is 0 Å². The Balaban J connectivity index is 1.98. The van der Waals surface area contributed by atoms with E-state index in [4.69, 9.17) is 5.73 Å². The van der Waals surface area contributed by atoms with Gasteiger partial charge in [-0.15, -0.1) is 0 Å². The normalized spacial score (nSPS) is 19.2. The number of nitrogens with one attached hydrogen (secondary N) is 1. The molecule has 7 nitrogen and oxygen atoms in total. The van der Waals surface area contributed by atoms with Crippen LogP contribution in [0.15, 0.2) is 35.3 Å². The van der Waals surface area contributed by atoms with Gasteiger partial charge in [0.05, 0.1) is 0 Å². The molecule has 3 heterocycles. The Labute approximate surface area is 115 Å². The lowest BCUT2D eigenvalue weighted by Crippen LogP contribution is -2.56. The highest BCUT2D eigenvalue weighted by molar-refractivity contribution is 5.80. The Morgan fingerprint density at radius 3 is 3.10 bits per heavy atom. The van der Waals surface area contributed by atoms with Crippen molar-refractivity contribution in [2.45, 2.75) is 6.04 Å². The standard InChI is InChI=1S/C13H15N5O2/c14-13(20)9-8-17(6-4-15-9)11-7-12(19)18-5-2-1-3-10(18)16-11/h1-3,5,7,9,15H,4,6,8H2,(H2,14,20). The van der Waals surface area contributed by atoms with Gasteiger partial charge in [-0.2, -0.15) is 0 Å². The van der Waals surface area contributed by atoms with Crippen LogP contribution < -0.4 is 21.5 Å². The lowest BCUT2D eigenvalue weighted by molar-refractivity contribution is -0.120. The zero-order chi connectivity index (χ0) is 14.1. The fourth-order valence-corrected chi connectivity index (χ4v) is 2.35. The van der Waals surface area contributed by atoms with Crippen LogP contribution in [0.4, 0.5) is 5.82 Å². The SMILES string of the molecule is NC(=O)C1CN(c2cc(=O)n3ccccc3n2)CCN1. The largest absolute Gasteiger partial charge is 0.368 e. The molecule has 104 valence electrons. The van der Waals surface area contributed by atoms with Crippen molar-refractivity contribution in [1.82, 2.24) is 14.7 Å².